The molecule has 4 aromatic rings. The number of ether oxygens (including phenoxy) is 3. The molecule has 236 valence electrons. The van der Waals surface area contributed by atoms with Gasteiger partial charge in [-0.2, -0.15) is 0 Å². The van der Waals surface area contributed by atoms with Crippen molar-refractivity contribution in [3.05, 3.63) is 45.0 Å². The molecule has 0 aliphatic heterocycles. The second kappa shape index (κ2) is 15.4. The summed E-state index contributed by atoms with van der Waals surface area (Å²) in [5, 5.41) is 27.1. The molecule has 0 radical (unpaired) electrons. The highest BCUT2D eigenvalue weighted by molar-refractivity contribution is 5.75. The number of hydrogen-bond acceptors (Lipinski definition) is 14. The molecule has 0 fully saturated rings. The van der Waals surface area contributed by atoms with Crippen LogP contribution >= 0.6 is 0 Å². The highest BCUT2D eigenvalue weighted by Gasteiger charge is 2.21. The van der Waals surface area contributed by atoms with Crippen molar-refractivity contribution in [2.45, 2.75) is 59.4 Å². The monoisotopic (exact) mass is 607 g/mol. The van der Waals surface area contributed by atoms with E-state index >= 15 is 0 Å². The number of H-pyrrole nitrogens is 2. The van der Waals surface area contributed by atoms with E-state index < -0.39 is 24.2 Å². The lowest BCUT2D eigenvalue weighted by Crippen LogP contribution is -2.39. The van der Waals surface area contributed by atoms with Crippen molar-refractivity contribution in [3.63, 3.8) is 0 Å². The molecule has 0 saturated heterocycles. The van der Waals surface area contributed by atoms with Gasteiger partial charge in [0.25, 0.3) is 11.1 Å². The van der Waals surface area contributed by atoms with E-state index in [9.17, 15) is 19.5 Å². The Kier molecular flexibility index (Phi) is 12.0. The first-order valence-corrected chi connectivity index (χ1v) is 13.3. The highest BCUT2D eigenvalue weighted by atomic mass is 16.6. The van der Waals surface area contributed by atoms with Gasteiger partial charge in [0.15, 0.2) is 22.3 Å². The Balaban J connectivity index is 0.000000248. The third-order valence-corrected chi connectivity index (χ3v) is 6.10. The lowest BCUT2D eigenvalue weighted by atomic mass is 10.1. The normalized spacial score (nSPS) is 13.0. The molecule has 2 atom stereocenters. The molecular formula is C25H37N9O9. The maximum atomic E-state index is 11.8. The summed E-state index contributed by atoms with van der Waals surface area (Å²) >= 11 is 0. The number of carbonyl (C=O) groups excluding carboxylic acids is 1. The highest BCUT2D eigenvalue weighted by Crippen LogP contribution is 2.08. The summed E-state index contributed by atoms with van der Waals surface area (Å²) in [5.41, 5.74) is 6.26. The quantitative estimate of drug-likeness (QED) is 0.0903. The van der Waals surface area contributed by atoms with Gasteiger partial charge in [0.1, 0.15) is 50.0 Å². The Morgan fingerprint density at radius 2 is 1.30 bits per heavy atom. The predicted molar refractivity (Wildman–Crippen MR) is 151 cm³/mol. The van der Waals surface area contributed by atoms with Gasteiger partial charge >= 0.3 is 5.97 Å². The van der Waals surface area contributed by atoms with Crippen LogP contribution in [0.25, 0.3) is 22.3 Å². The molecule has 4 heterocycles. The molecule has 0 saturated carbocycles. The molecule has 4 aromatic heterocycles. The number of nitrogens with zero attached hydrogens (tertiary/aromatic N) is 6. The van der Waals surface area contributed by atoms with E-state index in [1.54, 1.807) is 13.8 Å². The maximum Gasteiger partial charge on any atom is 0.323 e. The Bertz CT molecular complexity index is 1610. The van der Waals surface area contributed by atoms with Crippen LogP contribution in [0.3, 0.4) is 0 Å². The minimum absolute atomic E-state index is 0.00853. The number of aromatic nitrogens is 8. The number of carbonyl (C=O) groups is 1. The van der Waals surface area contributed by atoms with Crippen molar-refractivity contribution < 1.29 is 34.3 Å². The minimum atomic E-state index is -0.733. The smallest absolute Gasteiger partial charge is 0.323 e. The van der Waals surface area contributed by atoms with Gasteiger partial charge in [-0.05, 0) is 19.8 Å². The summed E-state index contributed by atoms with van der Waals surface area (Å²) in [6.07, 6.45) is 1.45. The summed E-state index contributed by atoms with van der Waals surface area (Å²) in [4.78, 5) is 56.5. The van der Waals surface area contributed by atoms with Crippen LogP contribution in [0.4, 0.5) is 0 Å². The number of aliphatic hydroxyl groups is 3. The van der Waals surface area contributed by atoms with Crippen LogP contribution in [0.5, 0.6) is 0 Å². The maximum absolute atomic E-state index is 11.8. The molecule has 0 amide bonds. The van der Waals surface area contributed by atoms with E-state index in [4.69, 9.17) is 30.2 Å². The molecule has 7 N–H and O–H groups in total. The predicted octanol–water partition coefficient (Wildman–Crippen LogP) is -1.96. The standard InChI is InChI=1S/C15H23N5O5.C10H14N4O4/c1-8(2)11(16)15(23)24-5-10(4-21)25-7-20-6-17-12-13(20)18-9(3)19-14(12)22;1-6-12-9-8(10(17)13-6)11-4-14(9)5-18-7(2-15)3-16/h6,8,10-11,21H,4-5,7,16H2,1-3H3,(H,18,19,22);4,7,15-16H,2-3,5H2,1H3,(H,12,13,17). The number of esters is 1. The molecule has 0 aliphatic carbocycles. The fourth-order valence-corrected chi connectivity index (χ4v) is 3.55. The number of fused-ring (bicyclic) bond motifs is 2. The van der Waals surface area contributed by atoms with Crippen LogP contribution in [-0.4, -0.2) is 105 Å². The first-order valence-electron chi connectivity index (χ1n) is 13.3. The number of nitrogens with two attached hydrogens (primary N) is 1. The van der Waals surface area contributed by atoms with Gasteiger partial charge < -0.3 is 45.2 Å². The van der Waals surface area contributed by atoms with Crippen LogP contribution in [0, 0.1) is 19.8 Å². The second-order valence-corrected chi connectivity index (χ2v) is 9.86. The zero-order valence-corrected chi connectivity index (χ0v) is 24.3. The minimum Gasteiger partial charge on any atom is -0.462 e. The molecule has 0 aromatic carbocycles. The second-order valence-electron chi connectivity index (χ2n) is 9.86. The Morgan fingerprint density at radius 3 is 1.72 bits per heavy atom. The molecule has 2 unspecified atom stereocenters. The molecule has 18 nitrogen and oxygen atoms in total. The number of nitrogens with one attached hydrogen (secondary N) is 2. The largest absolute Gasteiger partial charge is 0.462 e. The summed E-state index contributed by atoms with van der Waals surface area (Å²) in [5.74, 6) is 0.337. The Morgan fingerprint density at radius 1 is 0.860 bits per heavy atom. The summed E-state index contributed by atoms with van der Waals surface area (Å²) in [6.45, 7) is 5.96. The van der Waals surface area contributed by atoms with E-state index in [1.165, 1.54) is 21.8 Å². The van der Waals surface area contributed by atoms with E-state index in [1.807, 2.05) is 13.8 Å². The average molecular weight is 608 g/mol. The van der Waals surface area contributed by atoms with E-state index in [0.717, 1.165) is 0 Å². The van der Waals surface area contributed by atoms with E-state index in [2.05, 4.69) is 29.9 Å². The topological polar surface area (TPSA) is 259 Å². The molecule has 43 heavy (non-hydrogen) atoms. The lowest BCUT2D eigenvalue weighted by molar-refractivity contribution is -0.153. The van der Waals surface area contributed by atoms with Crippen molar-refractivity contribution in [2.75, 3.05) is 26.4 Å². The van der Waals surface area contributed by atoms with Crippen LogP contribution < -0.4 is 16.9 Å². The van der Waals surface area contributed by atoms with Gasteiger partial charge in [0.05, 0.1) is 32.5 Å². The molecule has 18 heteroatoms. The number of aliphatic hydroxyl groups excluding tert-OH is 3. The van der Waals surface area contributed by atoms with Crippen LogP contribution in [-0.2, 0) is 32.5 Å². The zero-order valence-electron chi connectivity index (χ0n) is 24.3. The van der Waals surface area contributed by atoms with Gasteiger partial charge in [0, 0.05) is 0 Å². The Hall–Kier alpha value is -4.07. The van der Waals surface area contributed by atoms with Crippen molar-refractivity contribution >= 4 is 28.3 Å². The molecule has 0 bridgehead atoms. The number of rotatable bonds is 13. The van der Waals surface area contributed by atoms with Gasteiger partial charge in [-0.1, -0.05) is 13.8 Å². The fourth-order valence-electron chi connectivity index (χ4n) is 3.55. The average Bonchev–Trinajstić information content (AvgIpc) is 3.57. The number of imidazole rings is 2. The number of hydrogen-bond donors (Lipinski definition) is 6. The third kappa shape index (κ3) is 8.72. The van der Waals surface area contributed by atoms with Crippen LogP contribution in [0.2, 0.25) is 0 Å². The van der Waals surface area contributed by atoms with Crippen molar-refractivity contribution in [3.8, 4) is 0 Å². The molecule has 4 rings (SSSR count). The number of aromatic amines is 2. The van der Waals surface area contributed by atoms with Gasteiger partial charge in [-0.3, -0.25) is 23.5 Å². The van der Waals surface area contributed by atoms with Gasteiger partial charge in [-0.15, -0.1) is 0 Å². The molecule has 0 spiro atoms. The van der Waals surface area contributed by atoms with Crippen LogP contribution in [0.15, 0.2) is 22.2 Å². The first-order chi connectivity index (χ1) is 20.5. The van der Waals surface area contributed by atoms with E-state index in [0.29, 0.717) is 22.9 Å². The van der Waals surface area contributed by atoms with Crippen molar-refractivity contribution in [1.29, 1.82) is 0 Å². The third-order valence-electron chi connectivity index (χ3n) is 6.10. The van der Waals surface area contributed by atoms with Crippen LogP contribution in [0.1, 0.15) is 25.5 Å². The zero-order chi connectivity index (χ0) is 31.7. The lowest BCUT2D eigenvalue weighted by Gasteiger charge is -2.19. The van der Waals surface area contributed by atoms with Crippen molar-refractivity contribution in [2.24, 2.45) is 11.7 Å². The van der Waals surface area contributed by atoms with Crippen molar-refractivity contribution in [1.82, 2.24) is 39.0 Å². The SMILES string of the molecule is Cc1nc2c(ncn2COC(CO)CO)c(=O)[nH]1.Cc1nc2c(ncn2COC(CO)COC(=O)C(N)C(C)C)c(=O)[nH]1. The summed E-state index contributed by atoms with van der Waals surface area (Å²) < 4.78 is 18.9. The first kappa shape index (κ1) is 33.4. The van der Waals surface area contributed by atoms with E-state index in [-0.39, 0.29) is 68.0 Å². The molecular weight excluding hydrogens is 570 g/mol. The number of aryl methyl sites for hydroxylation is 2. The summed E-state index contributed by atoms with van der Waals surface area (Å²) in [6, 6.07) is -0.726. The fraction of sp³-hybridized carbons (Fsp3) is 0.560. The summed E-state index contributed by atoms with van der Waals surface area (Å²) in [7, 11) is 0. The van der Waals surface area contributed by atoms with Gasteiger partial charge in [0.2, 0.25) is 0 Å². The Labute approximate surface area is 244 Å². The molecule has 0 aliphatic rings. The van der Waals surface area contributed by atoms with Gasteiger partial charge in [-0.25, -0.2) is 19.9 Å².